The number of aliphatic hydroxyl groups excluding tert-OH is 1. The minimum Gasteiger partial charge on any atom is -0.398 e. The zero-order valence-corrected chi connectivity index (χ0v) is 11.7. The molecule has 0 aliphatic heterocycles. The first-order valence-corrected chi connectivity index (χ1v) is 7.49. The smallest absolute Gasteiger partial charge is 0.398 e. The van der Waals surface area contributed by atoms with Crippen LogP contribution in [0.5, 0.6) is 0 Å². The number of rotatable bonds is 3. The molecule has 2 nitrogen and oxygen atoms in total. The van der Waals surface area contributed by atoms with Gasteiger partial charge in [0.15, 0.2) is 0 Å². The van der Waals surface area contributed by atoms with E-state index < -0.39 is 17.8 Å². The molecular formula is C16H20F3NO. The van der Waals surface area contributed by atoms with E-state index in [-0.39, 0.29) is 11.3 Å². The van der Waals surface area contributed by atoms with E-state index in [2.05, 4.69) is 0 Å². The van der Waals surface area contributed by atoms with Crippen molar-refractivity contribution in [3.63, 3.8) is 0 Å². The molecule has 4 atom stereocenters. The summed E-state index contributed by atoms with van der Waals surface area (Å²) in [6.07, 6.45) is -0.0166. The number of hydrogen-bond donors (Lipinski definition) is 2. The van der Waals surface area contributed by atoms with Crippen molar-refractivity contribution >= 4 is 5.69 Å². The van der Waals surface area contributed by atoms with Gasteiger partial charge in [-0.3, -0.25) is 0 Å². The summed E-state index contributed by atoms with van der Waals surface area (Å²) in [6, 6.07) is 3.19. The van der Waals surface area contributed by atoms with Crippen molar-refractivity contribution in [1.29, 1.82) is 0 Å². The molecule has 3 rings (SSSR count). The number of anilines is 1. The third-order valence-electron chi connectivity index (χ3n) is 5.18. The Hall–Kier alpha value is -1.23. The Balaban J connectivity index is 1.76. The highest BCUT2D eigenvalue weighted by Gasteiger charge is 2.40. The predicted octanol–water partition coefficient (Wildman–Crippen LogP) is 4.15. The molecule has 0 aromatic heterocycles. The fourth-order valence-corrected chi connectivity index (χ4v) is 4.12. The molecule has 5 heteroatoms. The Morgan fingerprint density at radius 1 is 1.24 bits per heavy atom. The summed E-state index contributed by atoms with van der Waals surface area (Å²) < 4.78 is 38.3. The van der Waals surface area contributed by atoms with E-state index in [0.717, 1.165) is 24.5 Å². The van der Waals surface area contributed by atoms with Gasteiger partial charge >= 0.3 is 6.18 Å². The lowest BCUT2D eigenvalue weighted by atomic mass is 9.83. The molecular weight excluding hydrogens is 279 g/mol. The van der Waals surface area contributed by atoms with Gasteiger partial charge in [0, 0.05) is 11.3 Å². The first kappa shape index (κ1) is 14.7. The molecule has 2 saturated carbocycles. The van der Waals surface area contributed by atoms with Gasteiger partial charge in [0.2, 0.25) is 0 Å². The molecule has 2 aliphatic rings. The zero-order chi connectivity index (χ0) is 15.2. The quantitative estimate of drug-likeness (QED) is 0.824. The summed E-state index contributed by atoms with van der Waals surface area (Å²) in [4.78, 5) is 0. The van der Waals surface area contributed by atoms with Gasteiger partial charge in [-0.25, -0.2) is 0 Å². The lowest BCUT2D eigenvalue weighted by Gasteiger charge is -2.25. The largest absolute Gasteiger partial charge is 0.416 e. The Morgan fingerprint density at radius 3 is 2.57 bits per heavy atom. The highest BCUT2D eigenvalue weighted by Crippen LogP contribution is 2.51. The Morgan fingerprint density at radius 2 is 2.00 bits per heavy atom. The highest BCUT2D eigenvalue weighted by atomic mass is 19.4. The van der Waals surface area contributed by atoms with Crippen LogP contribution >= 0.6 is 0 Å². The molecule has 0 amide bonds. The van der Waals surface area contributed by atoms with Gasteiger partial charge in [-0.1, -0.05) is 6.42 Å². The summed E-state index contributed by atoms with van der Waals surface area (Å²) in [5, 5.41) is 10.3. The number of alkyl halides is 3. The Kier molecular flexibility index (Phi) is 3.64. The molecule has 0 spiro atoms. The average Bonchev–Trinajstić information content (AvgIpc) is 2.99. The normalized spacial score (nSPS) is 29.8. The van der Waals surface area contributed by atoms with Crippen LogP contribution in [-0.2, 0) is 6.18 Å². The molecule has 0 radical (unpaired) electrons. The molecule has 0 saturated heterocycles. The van der Waals surface area contributed by atoms with Gasteiger partial charge in [-0.15, -0.1) is 0 Å². The van der Waals surface area contributed by atoms with Gasteiger partial charge in [0.1, 0.15) is 0 Å². The number of nitrogens with two attached hydrogens (primary N) is 1. The van der Waals surface area contributed by atoms with Gasteiger partial charge in [-0.05, 0) is 61.6 Å². The fraction of sp³-hybridized carbons (Fsp3) is 0.625. The van der Waals surface area contributed by atoms with E-state index in [9.17, 15) is 18.3 Å². The van der Waals surface area contributed by atoms with Crippen molar-refractivity contribution < 1.29 is 18.3 Å². The van der Waals surface area contributed by atoms with Crippen LogP contribution in [0.4, 0.5) is 18.9 Å². The van der Waals surface area contributed by atoms with Gasteiger partial charge in [0.25, 0.3) is 0 Å². The summed E-state index contributed by atoms with van der Waals surface area (Å²) in [5.41, 5.74) is 5.46. The Bertz CT molecular complexity index is 529. The molecule has 21 heavy (non-hydrogen) atoms. The van der Waals surface area contributed by atoms with Crippen LogP contribution in [0, 0.1) is 17.8 Å². The van der Waals surface area contributed by atoms with E-state index in [4.69, 9.17) is 5.73 Å². The minimum absolute atomic E-state index is 0.215. The number of halogens is 3. The van der Waals surface area contributed by atoms with Crippen LogP contribution in [-0.4, -0.2) is 5.11 Å². The SMILES string of the molecule is Nc1ccc(C(F)(F)F)cc1C(O)CC1CC2CCC1C2. The fourth-order valence-electron chi connectivity index (χ4n) is 4.12. The summed E-state index contributed by atoms with van der Waals surface area (Å²) in [7, 11) is 0. The molecule has 116 valence electrons. The van der Waals surface area contributed by atoms with E-state index >= 15 is 0 Å². The summed E-state index contributed by atoms with van der Waals surface area (Å²) in [6.45, 7) is 0. The number of hydrogen-bond acceptors (Lipinski definition) is 2. The second-order valence-corrected chi connectivity index (χ2v) is 6.53. The maximum Gasteiger partial charge on any atom is 0.416 e. The Labute approximate surface area is 122 Å². The van der Waals surface area contributed by atoms with Crippen LogP contribution in [0.2, 0.25) is 0 Å². The van der Waals surface area contributed by atoms with Gasteiger partial charge < -0.3 is 10.8 Å². The van der Waals surface area contributed by atoms with E-state index in [0.29, 0.717) is 18.3 Å². The second-order valence-electron chi connectivity index (χ2n) is 6.53. The van der Waals surface area contributed by atoms with E-state index in [1.54, 1.807) is 0 Å². The molecule has 0 heterocycles. The molecule has 4 unspecified atom stereocenters. The standard InChI is InChI=1S/C16H20F3NO/c17-16(18,19)12-3-4-14(20)13(8-12)15(21)7-11-6-9-1-2-10(11)5-9/h3-4,8-11,15,21H,1-2,5-7,20H2. The van der Waals surface area contributed by atoms with E-state index in [1.165, 1.54) is 25.3 Å². The molecule has 2 bridgehead atoms. The molecule has 2 fully saturated rings. The van der Waals surface area contributed by atoms with Crippen molar-refractivity contribution in [2.45, 2.75) is 44.4 Å². The summed E-state index contributed by atoms with van der Waals surface area (Å²) >= 11 is 0. The zero-order valence-electron chi connectivity index (χ0n) is 11.7. The first-order chi connectivity index (χ1) is 9.84. The molecule has 1 aromatic rings. The maximum absolute atomic E-state index is 12.8. The first-order valence-electron chi connectivity index (χ1n) is 7.49. The van der Waals surface area contributed by atoms with Gasteiger partial charge in [-0.2, -0.15) is 13.2 Å². The molecule has 1 aromatic carbocycles. The van der Waals surface area contributed by atoms with Crippen LogP contribution in [0.25, 0.3) is 0 Å². The highest BCUT2D eigenvalue weighted by molar-refractivity contribution is 5.50. The van der Waals surface area contributed by atoms with Crippen LogP contribution < -0.4 is 5.73 Å². The number of nitrogen functional groups attached to an aromatic ring is 1. The van der Waals surface area contributed by atoms with Gasteiger partial charge in [0.05, 0.1) is 11.7 Å². The van der Waals surface area contributed by atoms with Crippen molar-refractivity contribution in [2.24, 2.45) is 17.8 Å². The van der Waals surface area contributed by atoms with Crippen molar-refractivity contribution in [2.75, 3.05) is 5.73 Å². The van der Waals surface area contributed by atoms with Crippen molar-refractivity contribution in [1.82, 2.24) is 0 Å². The molecule has 3 N–H and O–H groups in total. The van der Waals surface area contributed by atoms with Crippen LogP contribution in [0.3, 0.4) is 0 Å². The maximum atomic E-state index is 12.8. The lowest BCUT2D eigenvalue weighted by Crippen LogP contribution is -2.16. The minimum atomic E-state index is -4.41. The lowest BCUT2D eigenvalue weighted by molar-refractivity contribution is -0.137. The summed E-state index contributed by atoms with van der Waals surface area (Å²) in [5.74, 6) is 1.82. The van der Waals surface area contributed by atoms with Crippen LogP contribution in [0.15, 0.2) is 18.2 Å². The number of benzene rings is 1. The molecule has 2 aliphatic carbocycles. The number of aliphatic hydroxyl groups is 1. The third kappa shape index (κ3) is 2.89. The number of fused-ring (bicyclic) bond motifs is 2. The van der Waals surface area contributed by atoms with Crippen molar-refractivity contribution in [3.8, 4) is 0 Å². The van der Waals surface area contributed by atoms with Crippen molar-refractivity contribution in [3.05, 3.63) is 29.3 Å². The van der Waals surface area contributed by atoms with E-state index in [1.807, 2.05) is 0 Å². The topological polar surface area (TPSA) is 46.2 Å². The second kappa shape index (κ2) is 5.20. The predicted molar refractivity (Wildman–Crippen MR) is 74.4 cm³/mol. The average molecular weight is 299 g/mol. The monoisotopic (exact) mass is 299 g/mol. The third-order valence-corrected chi connectivity index (χ3v) is 5.18. The van der Waals surface area contributed by atoms with Crippen LogP contribution in [0.1, 0.15) is 49.3 Å².